The number of halogens is 1. The van der Waals surface area contributed by atoms with E-state index in [1.54, 1.807) is 0 Å². The molecule has 2 aromatic rings. The second kappa shape index (κ2) is 5.48. The van der Waals surface area contributed by atoms with Gasteiger partial charge in [0, 0.05) is 11.6 Å². The van der Waals surface area contributed by atoms with Gasteiger partial charge in [-0.3, -0.25) is 4.79 Å². The summed E-state index contributed by atoms with van der Waals surface area (Å²) in [4.78, 5) is 12.0. The summed E-state index contributed by atoms with van der Waals surface area (Å²) in [5, 5.41) is 11.8. The molecular formula is C14H13FN2O3. The first-order valence-electron chi connectivity index (χ1n) is 5.74. The van der Waals surface area contributed by atoms with Gasteiger partial charge in [-0.15, -0.1) is 0 Å². The number of carbonyl (C=O) groups excluding carboxylic acids is 1. The van der Waals surface area contributed by atoms with E-state index in [4.69, 9.17) is 10.5 Å². The van der Waals surface area contributed by atoms with Crippen LogP contribution in [0.15, 0.2) is 36.4 Å². The summed E-state index contributed by atoms with van der Waals surface area (Å²) in [5.41, 5.74) is 6.49. The van der Waals surface area contributed by atoms with Gasteiger partial charge >= 0.3 is 0 Å². The highest BCUT2D eigenvalue weighted by atomic mass is 19.1. The Bertz CT molecular complexity index is 659. The van der Waals surface area contributed by atoms with Gasteiger partial charge in [-0.2, -0.15) is 0 Å². The van der Waals surface area contributed by atoms with E-state index >= 15 is 0 Å². The molecular weight excluding hydrogens is 263 g/mol. The van der Waals surface area contributed by atoms with E-state index in [0.717, 1.165) is 6.07 Å². The van der Waals surface area contributed by atoms with Crippen LogP contribution in [0.5, 0.6) is 11.5 Å². The first kappa shape index (κ1) is 13.7. The lowest BCUT2D eigenvalue weighted by molar-refractivity contribution is 0.102. The first-order chi connectivity index (χ1) is 9.51. The number of phenols is 1. The second-order valence-corrected chi connectivity index (χ2v) is 4.08. The zero-order chi connectivity index (χ0) is 14.7. The summed E-state index contributed by atoms with van der Waals surface area (Å²) >= 11 is 0. The molecule has 0 aliphatic heterocycles. The Kier molecular flexibility index (Phi) is 3.74. The standard InChI is InChI=1S/C14H13FN2O3/c1-20-13-6-8(2-4-10(13)15)14(19)17-12-5-3-9(18)7-11(12)16/h2-7,18H,16H2,1H3,(H,17,19). The van der Waals surface area contributed by atoms with Gasteiger partial charge in [-0.25, -0.2) is 4.39 Å². The van der Waals surface area contributed by atoms with Crippen molar-refractivity contribution in [2.24, 2.45) is 0 Å². The number of hydrogen-bond acceptors (Lipinski definition) is 4. The maximum absolute atomic E-state index is 13.3. The van der Waals surface area contributed by atoms with E-state index in [9.17, 15) is 14.3 Å². The molecule has 0 aliphatic rings. The summed E-state index contributed by atoms with van der Waals surface area (Å²) in [5.74, 6) is -1.02. The summed E-state index contributed by atoms with van der Waals surface area (Å²) < 4.78 is 18.1. The summed E-state index contributed by atoms with van der Waals surface area (Å²) in [6.07, 6.45) is 0. The molecule has 0 fully saturated rings. The van der Waals surface area contributed by atoms with Crippen molar-refractivity contribution >= 4 is 17.3 Å². The summed E-state index contributed by atoms with van der Waals surface area (Å²) in [7, 11) is 1.32. The number of nitrogens with two attached hydrogens (primary N) is 1. The molecule has 104 valence electrons. The Morgan fingerprint density at radius 3 is 2.70 bits per heavy atom. The highest BCUT2D eigenvalue weighted by Gasteiger charge is 2.11. The second-order valence-electron chi connectivity index (χ2n) is 4.08. The maximum Gasteiger partial charge on any atom is 0.255 e. The van der Waals surface area contributed by atoms with Crippen LogP contribution in [0.2, 0.25) is 0 Å². The van der Waals surface area contributed by atoms with Gasteiger partial charge in [0.05, 0.1) is 18.5 Å². The average Bonchev–Trinajstić information content (AvgIpc) is 2.42. The van der Waals surface area contributed by atoms with Crippen LogP contribution in [-0.4, -0.2) is 18.1 Å². The third-order valence-corrected chi connectivity index (χ3v) is 2.70. The lowest BCUT2D eigenvalue weighted by Gasteiger charge is -2.09. The number of rotatable bonds is 3. The smallest absolute Gasteiger partial charge is 0.255 e. The number of aromatic hydroxyl groups is 1. The summed E-state index contributed by atoms with van der Waals surface area (Å²) in [6.45, 7) is 0. The minimum absolute atomic E-state index is 0.00366. The predicted octanol–water partition coefficient (Wildman–Crippen LogP) is 2.37. The lowest BCUT2D eigenvalue weighted by atomic mass is 10.2. The fourth-order valence-corrected chi connectivity index (χ4v) is 1.66. The van der Waals surface area contributed by atoms with E-state index in [2.05, 4.69) is 5.32 Å². The highest BCUT2D eigenvalue weighted by molar-refractivity contribution is 6.06. The van der Waals surface area contributed by atoms with Crippen molar-refractivity contribution in [2.75, 3.05) is 18.2 Å². The molecule has 0 saturated carbocycles. The van der Waals surface area contributed by atoms with Gasteiger partial charge in [-0.05, 0) is 30.3 Å². The molecule has 0 radical (unpaired) electrons. The minimum atomic E-state index is -0.548. The molecule has 0 bridgehead atoms. The molecule has 0 aliphatic carbocycles. The Labute approximate surface area is 114 Å². The first-order valence-corrected chi connectivity index (χ1v) is 5.74. The molecule has 0 unspecified atom stereocenters. The van der Waals surface area contributed by atoms with Crippen LogP contribution < -0.4 is 15.8 Å². The largest absolute Gasteiger partial charge is 0.508 e. The van der Waals surface area contributed by atoms with Gasteiger partial charge in [0.2, 0.25) is 0 Å². The Morgan fingerprint density at radius 1 is 1.30 bits per heavy atom. The van der Waals surface area contributed by atoms with Crippen molar-refractivity contribution in [3.05, 3.63) is 47.8 Å². The lowest BCUT2D eigenvalue weighted by Crippen LogP contribution is -2.13. The van der Waals surface area contributed by atoms with E-state index in [0.29, 0.717) is 5.69 Å². The Hall–Kier alpha value is -2.76. The molecule has 0 heterocycles. The number of nitrogen functional groups attached to an aromatic ring is 1. The van der Waals surface area contributed by atoms with Crippen LogP contribution in [0.1, 0.15) is 10.4 Å². The molecule has 0 saturated heterocycles. The molecule has 4 N–H and O–H groups in total. The normalized spacial score (nSPS) is 10.1. The number of nitrogens with one attached hydrogen (secondary N) is 1. The van der Waals surface area contributed by atoms with Crippen LogP contribution in [0.25, 0.3) is 0 Å². The number of carbonyl (C=O) groups is 1. The van der Waals surface area contributed by atoms with Gasteiger partial charge in [0.25, 0.3) is 5.91 Å². The number of phenolic OH excluding ortho intramolecular Hbond substituents is 1. The number of anilines is 2. The molecule has 6 heteroatoms. The zero-order valence-electron chi connectivity index (χ0n) is 10.7. The Morgan fingerprint density at radius 2 is 2.05 bits per heavy atom. The zero-order valence-corrected chi connectivity index (χ0v) is 10.7. The van der Waals surface area contributed by atoms with Crippen molar-refractivity contribution in [3.63, 3.8) is 0 Å². The van der Waals surface area contributed by atoms with Crippen LogP contribution in [-0.2, 0) is 0 Å². The van der Waals surface area contributed by atoms with Crippen molar-refractivity contribution in [3.8, 4) is 11.5 Å². The molecule has 0 spiro atoms. The number of amides is 1. The van der Waals surface area contributed by atoms with Crippen molar-refractivity contribution < 1.29 is 19.0 Å². The highest BCUT2D eigenvalue weighted by Crippen LogP contribution is 2.24. The SMILES string of the molecule is COc1cc(C(=O)Nc2ccc(O)cc2N)ccc1F. The van der Waals surface area contributed by atoms with Gasteiger partial charge < -0.3 is 20.9 Å². The fraction of sp³-hybridized carbons (Fsp3) is 0.0714. The quantitative estimate of drug-likeness (QED) is 0.593. The van der Waals surface area contributed by atoms with E-state index in [1.165, 1.54) is 37.4 Å². The van der Waals surface area contributed by atoms with Crippen LogP contribution >= 0.6 is 0 Å². The van der Waals surface area contributed by atoms with Crippen molar-refractivity contribution in [1.29, 1.82) is 0 Å². The summed E-state index contributed by atoms with van der Waals surface area (Å²) in [6, 6.07) is 7.97. The number of methoxy groups -OCH3 is 1. The number of benzene rings is 2. The molecule has 5 nitrogen and oxygen atoms in total. The molecule has 20 heavy (non-hydrogen) atoms. The maximum atomic E-state index is 13.3. The molecule has 0 aromatic heterocycles. The molecule has 0 atom stereocenters. The fourth-order valence-electron chi connectivity index (χ4n) is 1.66. The molecule has 2 aromatic carbocycles. The molecule has 2 rings (SSSR count). The monoisotopic (exact) mass is 276 g/mol. The number of hydrogen-bond donors (Lipinski definition) is 3. The number of ether oxygens (including phenoxy) is 1. The topological polar surface area (TPSA) is 84.6 Å². The third kappa shape index (κ3) is 2.80. The van der Waals surface area contributed by atoms with Gasteiger partial charge in [0.15, 0.2) is 11.6 Å². The van der Waals surface area contributed by atoms with Gasteiger partial charge in [-0.1, -0.05) is 0 Å². The van der Waals surface area contributed by atoms with E-state index in [-0.39, 0.29) is 22.7 Å². The average molecular weight is 276 g/mol. The van der Waals surface area contributed by atoms with Crippen molar-refractivity contribution in [2.45, 2.75) is 0 Å². The van der Waals surface area contributed by atoms with Crippen LogP contribution in [0.3, 0.4) is 0 Å². The van der Waals surface area contributed by atoms with Crippen LogP contribution in [0, 0.1) is 5.82 Å². The minimum Gasteiger partial charge on any atom is -0.508 e. The van der Waals surface area contributed by atoms with Crippen molar-refractivity contribution in [1.82, 2.24) is 0 Å². The van der Waals surface area contributed by atoms with Gasteiger partial charge in [0.1, 0.15) is 5.75 Å². The van der Waals surface area contributed by atoms with E-state index < -0.39 is 11.7 Å². The predicted molar refractivity (Wildman–Crippen MR) is 73.4 cm³/mol. The Balaban J connectivity index is 2.24. The molecule has 1 amide bonds. The third-order valence-electron chi connectivity index (χ3n) is 2.70. The van der Waals surface area contributed by atoms with Crippen LogP contribution in [0.4, 0.5) is 15.8 Å². The van der Waals surface area contributed by atoms with E-state index in [1.807, 2.05) is 0 Å².